The highest BCUT2D eigenvalue weighted by atomic mass is 35.5. The molecule has 1 fully saturated rings. The number of anilines is 2. The molecule has 4 nitrogen and oxygen atoms in total. The second-order valence-corrected chi connectivity index (χ2v) is 8.65. The van der Waals surface area contributed by atoms with E-state index in [-0.39, 0.29) is 4.90 Å². The average Bonchev–Trinajstić information content (AvgIpc) is 3.17. The quantitative estimate of drug-likeness (QED) is 0.409. The summed E-state index contributed by atoms with van der Waals surface area (Å²) in [6, 6.07) is 8.40. The minimum absolute atomic E-state index is 0.0974. The van der Waals surface area contributed by atoms with Crippen LogP contribution in [0.4, 0.5) is 20.3 Å². The number of thiazole rings is 1. The Morgan fingerprint density at radius 2 is 2.00 bits per heavy atom. The highest BCUT2D eigenvalue weighted by Crippen LogP contribution is 2.30. The van der Waals surface area contributed by atoms with Gasteiger partial charge in [-0.25, -0.2) is 13.8 Å². The molecule has 4 rings (SSSR count). The minimum atomic E-state index is -0.639. The summed E-state index contributed by atoms with van der Waals surface area (Å²) in [5.41, 5.74) is 4.09. The number of nitrogens with one attached hydrogen (secondary N) is 2. The zero-order valence-corrected chi connectivity index (χ0v) is 17.8. The fourth-order valence-electron chi connectivity index (χ4n) is 3.05. The topological polar surface area (TPSA) is 40.2 Å². The van der Waals surface area contributed by atoms with E-state index in [0.717, 1.165) is 42.7 Å². The van der Waals surface area contributed by atoms with E-state index in [2.05, 4.69) is 19.9 Å². The lowest BCUT2D eigenvalue weighted by Crippen LogP contribution is -2.36. The zero-order valence-electron chi connectivity index (χ0n) is 15.4. The first-order valence-corrected chi connectivity index (χ1v) is 11.3. The number of nitrogens with zero attached hydrogens (tertiary/aromatic N) is 2. The summed E-state index contributed by atoms with van der Waals surface area (Å²) in [4.78, 5) is 6.28. The molecule has 1 aliphatic heterocycles. The molecule has 0 atom stereocenters. The third-order valence-corrected chi connectivity index (χ3v) is 6.56. The van der Waals surface area contributed by atoms with E-state index in [0.29, 0.717) is 23.1 Å². The standard InChI is InChI=1S/C20H19ClF2N4S2/c21-16-4-1-3-13(10-27-5-2-6-27)15(16)9-24-14-7-17(22)20(18(23)8-14)29-26-19-11-28-12-25-19/h1,3-4,7-8,11-12,24,26H,2,5-6,9-10H2. The Labute approximate surface area is 181 Å². The molecule has 2 N–H and O–H groups in total. The first kappa shape index (κ1) is 20.4. The molecule has 0 radical (unpaired) electrons. The number of rotatable bonds is 8. The van der Waals surface area contributed by atoms with Crippen LogP contribution in [0.3, 0.4) is 0 Å². The number of hydrogen-bond acceptors (Lipinski definition) is 6. The van der Waals surface area contributed by atoms with Crippen LogP contribution in [0.2, 0.25) is 5.02 Å². The van der Waals surface area contributed by atoms with E-state index in [4.69, 9.17) is 11.6 Å². The molecule has 3 aromatic rings. The lowest BCUT2D eigenvalue weighted by atomic mass is 10.0. The Kier molecular flexibility index (Phi) is 6.54. The maximum atomic E-state index is 14.5. The summed E-state index contributed by atoms with van der Waals surface area (Å²) >= 11 is 8.66. The largest absolute Gasteiger partial charge is 0.381 e. The van der Waals surface area contributed by atoms with Gasteiger partial charge >= 0.3 is 0 Å². The normalized spacial score (nSPS) is 13.9. The monoisotopic (exact) mass is 452 g/mol. The fraction of sp³-hybridized carbons (Fsp3) is 0.250. The number of halogens is 3. The van der Waals surface area contributed by atoms with Crippen molar-refractivity contribution in [2.24, 2.45) is 0 Å². The van der Waals surface area contributed by atoms with Crippen LogP contribution in [0.25, 0.3) is 0 Å². The van der Waals surface area contributed by atoms with Crippen LogP contribution in [0.5, 0.6) is 0 Å². The van der Waals surface area contributed by atoms with Crippen LogP contribution in [-0.2, 0) is 13.1 Å². The van der Waals surface area contributed by atoms with Crippen molar-refractivity contribution in [2.45, 2.75) is 24.4 Å². The molecule has 1 aromatic heterocycles. The van der Waals surface area contributed by atoms with Gasteiger partial charge in [-0.1, -0.05) is 23.7 Å². The predicted octanol–water partition coefficient (Wildman–Crippen LogP) is 6.01. The van der Waals surface area contributed by atoms with Gasteiger partial charge in [0, 0.05) is 29.2 Å². The molecule has 0 bridgehead atoms. The molecule has 2 heterocycles. The van der Waals surface area contributed by atoms with Gasteiger partial charge in [0.1, 0.15) is 22.3 Å². The number of aromatic nitrogens is 1. The van der Waals surface area contributed by atoms with Crippen LogP contribution in [-0.4, -0.2) is 23.0 Å². The van der Waals surface area contributed by atoms with E-state index in [9.17, 15) is 8.78 Å². The lowest BCUT2D eigenvalue weighted by molar-refractivity contribution is 0.172. The van der Waals surface area contributed by atoms with Gasteiger partial charge in [0.05, 0.1) is 5.51 Å². The second kappa shape index (κ2) is 9.30. The summed E-state index contributed by atoms with van der Waals surface area (Å²) in [7, 11) is 0. The smallest absolute Gasteiger partial charge is 0.147 e. The second-order valence-electron chi connectivity index (χ2n) is 6.71. The van der Waals surface area contributed by atoms with Crippen molar-refractivity contribution in [1.29, 1.82) is 0 Å². The van der Waals surface area contributed by atoms with E-state index < -0.39 is 11.6 Å². The van der Waals surface area contributed by atoms with Gasteiger partial charge in [-0.15, -0.1) is 11.3 Å². The molecule has 0 aliphatic carbocycles. The van der Waals surface area contributed by atoms with Gasteiger partial charge in [0.25, 0.3) is 0 Å². The fourth-order valence-corrected chi connectivity index (χ4v) is 4.50. The number of likely N-dealkylation sites (tertiary alicyclic amines) is 1. The zero-order chi connectivity index (χ0) is 20.2. The minimum Gasteiger partial charge on any atom is -0.381 e. The maximum absolute atomic E-state index is 14.5. The van der Waals surface area contributed by atoms with Crippen molar-refractivity contribution in [3.63, 3.8) is 0 Å². The molecule has 1 aliphatic rings. The maximum Gasteiger partial charge on any atom is 0.147 e. The SMILES string of the molecule is Fc1cc(NCc2c(Cl)cccc2CN2CCC2)cc(F)c1SNc1cscn1. The Bertz CT molecular complexity index is 958. The molecule has 152 valence electrons. The highest BCUT2D eigenvalue weighted by molar-refractivity contribution is 8.00. The van der Waals surface area contributed by atoms with Crippen molar-refractivity contribution < 1.29 is 8.78 Å². The molecule has 0 amide bonds. The molecule has 0 unspecified atom stereocenters. The summed E-state index contributed by atoms with van der Waals surface area (Å²) in [5.74, 6) is -0.713. The predicted molar refractivity (Wildman–Crippen MR) is 117 cm³/mol. The third-order valence-electron chi connectivity index (χ3n) is 4.72. The van der Waals surface area contributed by atoms with Gasteiger partial charge < -0.3 is 10.0 Å². The molecule has 29 heavy (non-hydrogen) atoms. The van der Waals surface area contributed by atoms with Gasteiger partial charge in [-0.3, -0.25) is 4.90 Å². The Morgan fingerprint density at radius 3 is 2.66 bits per heavy atom. The molecule has 9 heteroatoms. The van der Waals surface area contributed by atoms with E-state index in [1.54, 1.807) is 10.9 Å². The Hall–Kier alpha value is -1.87. The van der Waals surface area contributed by atoms with Crippen molar-refractivity contribution >= 4 is 46.4 Å². The molecule has 0 spiro atoms. The van der Waals surface area contributed by atoms with Crippen LogP contribution in [0.1, 0.15) is 17.5 Å². The van der Waals surface area contributed by atoms with Crippen molar-refractivity contribution in [3.05, 3.63) is 69.0 Å². The third kappa shape index (κ3) is 5.01. The van der Waals surface area contributed by atoms with Crippen molar-refractivity contribution in [2.75, 3.05) is 23.1 Å². The van der Waals surface area contributed by atoms with E-state index in [1.807, 2.05) is 18.2 Å². The van der Waals surface area contributed by atoms with E-state index in [1.165, 1.54) is 29.9 Å². The molecular weight excluding hydrogens is 434 g/mol. The van der Waals surface area contributed by atoms with Gasteiger partial charge in [0.2, 0.25) is 0 Å². The average molecular weight is 453 g/mol. The summed E-state index contributed by atoms with van der Waals surface area (Å²) in [6.07, 6.45) is 1.22. The summed E-state index contributed by atoms with van der Waals surface area (Å²) in [5, 5.41) is 5.52. The first-order valence-electron chi connectivity index (χ1n) is 9.13. The van der Waals surface area contributed by atoms with Gasteiger partial charge in [-0.2, -0.15) is 0 Å². The van der Waals surface area contributed by atoms with E-state index >= 15 is 0 Å². The number of hydrogen-bond donors (Lipinski definition) is 2. The number of benzene rings is 2. The first-order chi connectivity index (χ1) is 14.1. The van der Waals surface area contributed by atoms with Crippen molar-refractivity contribution in [3.8, 4) is 0 Å². The van der Waals surface area contributed by atoms with Crippen LogP contribution < -0.4 is 10.0 Å². The molecular formula is C20H19ClF2N4S2. The Morgan fingerprint density at radius 1 is 1.21 bits per heavy atom. The molecule has 2 aromatic carbocycles. The molecule has 1 saturated heterocycles. The highest BCUT2D eigenvalue weighted by Gasteiger charge is 2.17. The van der Waals surface area contributed by atoms with Gasteiger partial charge in [-0.05, 0) is 60.8 Å². The Balaban J connectivity index is 1.45. The van der Waals surface area contributed by atoms with Crippen molar-refractivity contribution in [1.82, 2.24) is 9.88 Å². The molecule has 0 saturated carbocycles. The lowest BCUT2D eigenvalue weighted by Gasteiger charge is -2.31. The summed E-state index contributed by atoms with van der Waals surface area (Å²) < 4.78 is 31.8. The van der Waals surface area contributed by atoms with Crippen LogP contribution >= 0.6 is 34.9 Å². The summed E-state index contributed by atoms with van der Waals surface area (Å²) in [6.45, 7) is 3.40. The van der Waals surface area contributed by atoms with Crippen LogP contribution in [0, 0.1) is 11.6 Å². The van der Waals surface area contributed by atoms with Crippen LogP contribution in [0.15, 0.2) is 46.1 Å². The van der Waals surface area contributed by atoms with Gasteiger partial charge in [0.15, 0.2) is 0 Å².